The van der Waals surface area contributed by atoms with Crippen LogP contribution in [0.25, 0.3) is 0 Å². The van der Waals surface area contributed by atoms with Crippen LogP contribution in [0.3, 0.4) is 0 Å². The van der Waals surface area contributed by atoms with E-state index in [2.05, 4.69) is 10.1 Å². The Labute approximate surface area is 132 Å². The molecule has 20 heavy (non-hydrogen) atoms. The number of rotatable bonds is 6. The second-order valence-corrected chi connectivity index (χ2v) is 5.01. The van der Waals surface area contributed by atoms with Crippen LogP contribution in [0.1, 0.15) is 40.0 Å². The molecule has 3 N–H and O–H groups in total. The van der Waals surface area contributed by atoms with Crippen molar-refractivity contribution in [1.82, 2.24) is 5.32 Å². The van der Waals surface area contributed by atoms with Crippen molar-refractivity contribution in [2.24, 2.45) is 5.73 Å². The van der Waals surface area contributed by atoms with E-state index >= 15 is 0 Å². The van der Waals surface area contributed by atoms with Crippen LogP contribution in [0, 0.1) is 0 Å². The molecule has 0 unspecified atom stereocenters. The smallest absolute Gasteiger partial charge is 0.408 e. The molecule has 0 fully saturated rings. The van der Waals surface area contributed by atoms with Crippen molar-refractivity contribution in [1.29, 1.82) is 0 Å². The lowest BCUT2D eigenvalue weighted by Gasteiger charge is -2.22. The lowest BCUT2D eigenvalue weighted by molar-refractivity contribution is -0.143. The van der Waals surface area contributed by atoms with Crippen LogP contribution < -0.4 is 11.1 Å². The maximum atomic E-state index is 11.6. The zero-order chi connectivity index (χ0) is 14.2. The average Bonchev–Trinajstić information content (AvgIpc) is 2.24. The number of carbonyl (C=O) groups excluding carboxylic acids is 2. The molecule has 0 rings (SSSR count). The third-order valence-corrected chi connectivity index (χ3v) is 2.12. The Kier molecular flexibility index (Phi) is 14.7. The standard InChI is InChI=1S/C12H24N2O4.2ClH/c1-12(2,3)18-11(16)14-9(10(15)17-4)7-5-6-8-13;;/h9H,5-8,13H2,1-4H3,(H,14,16);2*1H/t9-;;/m0../s1. The van der Waals surface area contributed by atoms with E-state index in [-0.39, 0.29) is 24.8 Å². The van der Waals surface area contributed by atoms with E-state index in [0.717, 1.165) is 12.8 Å². The van der Waals surface area contributed by atoms with E-state index in [1.54, 1.807) is 20.8 Å². The van der Waals surface area contributed by atoms with Crippen LogP contribution in [0.15, 0.2) is 0 Å². The molecule has 0 radical (unpaired) electrons. The molecule has 0 saturated carbocycles. The first-order valence-corrected chi connectivity index (χ1v) is 6.07. The van der Waals surface area contributed by atoms with Gasteiger partial charge in [-0.05, 0) is 46.6 Å². The van der Waals surface area contributed by atoms with E-state index in [4.69, 9.17) is 10.5 Å². The number of alkyl carbamates (subject to hydrolysis) is 1. The van der Waals surface area contributed by atoms with Crippen LogP contribution in [0.4, 0.5) is 4.79 Å². The molecule has 0 aromatic rings. The third kappa shape index (κ3) is 12.3. The minimum absolute atomic E-state index is 0. The number of hydrogen-bond donors (Lipinski definition) is 2. The highest BCUT2D eigenvalue weighted by molar-refractivity contribution is 5.85. The zero-order valence-electron chi connectivity index (χ0n) is 12.4. The molecule has 0 saturated heterocycles. The molecule has 0 spiro atoms. The molecule has 0 heterocycles. The number of esters is 1. The number of ether oxygens (including phenoxy) is 2. The maximum Gasteiger partial charge on any atom is 0.408 e. The van der Waals surface area contributed by atoms with Crippen molar-refractivity contribution >= 4 is 36.9 Å². The Morgan fingerprint density at radius 2 is 1.75 bits per heavy atom. The van der Waals surface area contributed by atoms with E-state index in [1.807, 2.05) is 0 Å². The molecular weight excluding hydrogens is 307 g/mol. The van der Waals surface area contributed by atoms with Crippen molar-refractivity contribution in [2.75, 3.05) is 13.7 Å². The van der Waals surface area contributed by atoms with Gasteiger partial charge in [0.1, 0.15) is 11.6 Å². The quantitative estimate of drug-likeness (QED) is 0.573. The zero-order valence-corrected chi connectivity index (χ0v) is 14.1. The Morgan fingerprint density at radius 3 is 2.15 bits per heavy atom. The molecule has 6 nitrogen and oxygen atoms in total. The SMILES string of the molecule is COC(=O)[C@H](CCCCN)NC(=O)OC(C)(C)C.Cl.Cl. The van der Waals surface area contributed by atoms with Gasteiger partial charge < -0.3 is 20.5 Å². The fraction of sp³-hybridized carbons (Fsp3) is 0.833. The number of carbonyl (C=O) groups is 2. The molecule has 0 aromatic carbocycles. The van der Waals surface area contributed by atoms with Crippen LogP contribution >= 0.6 is 24.8 Å². The molecule has 0 aromatic heterocycles. The lowest BCUT2D eigenvalue weighted by atomic mass is 10.1. The minimum atomic E-state index is -0.684. The lowest BCUT2D eigenvalue weighted by Crippen LogP contribution is -2.44. The van der Waals surface area contributed by atoms with Crippen LogP contribution in [-0.4, -0.2) is 37.4 Å². The molecule has 1 amide bonds. The molecule has 122 valence electrons. The van der Waals surface area contributed by atoms with Crippen molar-refractivity contribution < 1.29 is 19.1 Å². The molecule has 0 aliphatic rings. The monoisotopic (exact) mass is 332 g/mol. The van der Waals surface area contributed by atoms with E-state index in [9.17, 15) is 9.59 Å². The van der Waals surface area contributed by atoms with Crippen molar-refractivity contribution in [3.63, 3.8) is 0 Å². The summed E-state index contributed by atoms with van der Waals surface area (Å²) in [5.41, 5.74) is 4.78. The number of halogens is 2. The maximum absolute atomic E-state index is 11.6. The summed E-state index contributed by atoms with van der Waals surface area (Å²) in [7, 11) is 1.29. The second-order valence-electron chi connectivity index (χ2n) is 5.01. The summed E-state index contributed by atoms with van der Waals surface area (Å²) >= 11 is 0. The first-order chi connectivity index (χ1) is 8.30. The Balaban J connectivity index is -0.00000144. The van der Waals surface area contributed by atoms with E-state index in [1.165, 1.54) is 7.11 Å². The Bertz CT molecular complexity index is 283. The van der Waals surface area contributed by atoms with Crippen molar-refractivity contribution in [2.45, 2.75) is 51.7 Å². The van der Waals surface area contributed by atoms with Gasteiger partial charge in [-0.1, -0.05) is 0 Å². The van der Waals surface area contributed by atoms with Gasteiger partial charge in [-0.25, -0.2) is 9.59 Å². The van der Waals surface area contributed by atoms with Crippen LogP contribution in [0.5, 0.6) is 0 Å². The molecule has 0 bridgehead atoms. The Morgan fingerprint density at radius 1 is 1.20 bits per heavy atom. The Hall–Kier alpha value is -0.720. The van der Waals surface area contributed by atoms with E-state index < -0.39 is 23.7 Å². The third-order valence-electron chi connectivity index (χ3n) is 2.12. The first kappa shape index (κ1) is 24.3. The fourth-order valence-corrected chi connectivity index (χ4v) is 1.33. The van der Waals surface area contributed by atoms with Gasteiger partial charge in [-0.2, -0.15) is 0 Å². The molecular formula is C12H26Cl2N2O4. The average molecular weight is 333 g/mol. The highest BCUT2D eigenvalue weighted by Gasteiger charge is 2.24. The fourth-order valence-electron chi connectivity index (χ4n) is 1.33. The summed E-state index contributed by atoms with van der Waals surface area (Å²) in [6.45, 7) is 5.83. The number of unbranched alkanes of at least 4 members (excludes halogenated alkanes) is 1. The van der Waals surface area contributed by atoms with Crippen LogP contribution in [-0.2, 0) is 14.3 Å². The van der Waals surface area contributed by atoms with Gasteiger partial charge in [0.05, 0.1) is 7.11 Å². The van der Waals surface area contributed by atoms with Crippen molar-refractivity contribution in [3.8, 4) is 0 Å². The number of nitrogens with two attached hydrogens (primary N) is 1. The molecule has 1 atom stereocenters. The molecule has 0 aliphatic carbocycles. The van der Waals surface area contributed by atoms with Crippen LogP contribution in [0.2, 0.25) is 0 Å². The van der Waals surface area contributed by atoms with Gasteiger partial charge in [0.15, 0.2) is 0 Å². The summed E-state index contributed by atoms with van der Waals surface area (Å²) in [6.07, 6.45) is 1.41. The number of amides is 1. The number of hydrogen-bond acceptors (Lipinski definition) is 5. The molecule has 8 heteroatoms. The second kappa shape index (κ2) is 12.1. The van der Waals surface area contributed by atoms with Crippen molar-refractivity contribution in [3.05, 3.63) is 0 Å². The highest BCUT2D eigenvalue weighted by Crippen LogP contribution is 2.08. The van der Waals surface area contributed by atoms with Gasteiger partial charge in [-0.3, -0.25) is 0 Å². The van der Waals surface area contributed by atoms with Gasteiger partial charge in [0.2, 0.25) is 0 Å². The summed E-state index contributed by atoms with van der Waals surface area (Å²) < 4.78 is 9.72. The van der Waals surface area contributed by atoms with Gasteiger partial charge in [0.25, 0.3) is 0 Å². The highest BCUT2D eigenvalue weighted by atomic mass is 35.5. The van der Waals surface area contributed by atoms with Gasteiger partial charge in [-0.15, -0.1) is 24.8 Å². The molecule has 0 aliphatic heterocycles. The summed E-state index contributed by atoms with van der Waals surface area (Å²) in [4.78, 5) is 23.0. The topological polar surface area (TPSA) is 90.6 Å². The minimum Gasteiger partial charge on any atom is -0.467 e. The summed E-state index contributed by atoms with van der Waals surface area (Å²) in [5, 5.41) is 2.51. The summed E-state index contributed by atoms with van der Waals surface area (Å²) in [5.74, 6) is -0.474. The normalized spacial score (nSPS) is 11.4. The summed E-state index contributed by atoms with van der Waals surface area (Å²) in [6, 6.07) is -0.684. The van der Waals surface area contributed by atoms with Gasteiger partial charge in [0, 0.05) is 0 Å². The van der Waals surface area contributed by atoms with E-state index in [0.29, 0.717) is 13.0 Å². The predicted molar refractivity (Wildman–Crippen MR) is 82.6 cm³/mol. The largest absolute Gasteiger partial charge is 0.467 e. The number of nitrogens with one attached hydrogen (secondary N) is 1. The predicted octanol–water partition coefficient (Wildman–Crippen LogP) is 2.03. The number of methoxy groups -OCH3 is 1. The first-order valence-electron chi connectivity index (χ1n) is 6.07. The van der Waals surface area contributed by atoms with Gasteiger partial charge >= 0.3 is 12.1 Å².